The first kappa shape index (κ1) is 21.6. The van der Waals surface area contributed by atoms with Gasteiger partial charge in [0.1, 0.15) is 11.5 Å². The van der Waals surface area contributed by atoms with Crippen molar-refractivity contribution in [3.8, 4) is 11.5 Å². The zero-order valence-corrected chi connectivity index (χ0v) is 15.7. The van der Waals surface area contributed by atoms with E-state index in [0.29, 0.717) is 0 Å². The molecule has 0 heterocycles. The molecule has 10 radical (unpaired) electrons. The maximum Gasteiger partial charge on any atom is 2.00 e. The second kappa shape index (κ2) is 11.2. The third kappa shape index (κ3) is 6.75. The summed E-state index contributed by atoms with van der Waals surface area (Å²) in [6.45, 7) is 0. The Morgan fingerprint density at radius 2 is 0.926 bits per heavy atom. The predicted molar refractivity (Wildman–Crippen MR) is 105 cm³/mol. The molecule has 2 N–H and O–H groups in total. The molecule has 4 rings (SSSR count). The Balaban J connectivity index is 0.000000379. The van der Waals surface area contributed by atoms with Crippen LogP contribution >= 0.6 is 0 Å². The molecule has 2 aromatic rings. The van der Waals surface area contributed by atoms with Crippen LogP contribution in [0.3, 0.4) is 0 Å². The van der Waals surface area contributed by atoms with Gasteiger partial charge in [-0.2, -0.15) is 0 Å². The van der Waals surface area contributed by atoms with Crippen molar-refractivity contribution in [2.45, 2.75) is 0 Å². The fraction of sp³-hybridized carbons (Fsp3) is 0. The van der Waals surface area contributed by atoms with Crippen molar-refractivity contribution < 1.29 is 27.3 Å². The molecule has 0 saturated heterocycles. The van der Waals surface area contributed by atoms with Crippen molar-refractivity contribution in [3.05, 3.63) is 129 Å². The average molecular weight is 396 g/mol. The fourth-order valence-electron chi connectivity index (χ4n) is 2.59. The van der Waals surface area contributed by atoms with Gasteiger partial charge >= 0.3 is 17.1 Å². The van der Waals surface area contributed by atoms with E-state index in [9.17, 15) is 10.2 Å². The molecular formula is C24H20FeO2+2. The van der Waals surface area contributed by atoms with Crippen LogP contribution in [-0.2, 0) is 17.1 Å². The molecule has 2 aliphatic carbocycles. The van der Waals surface area contributed by atoms with Gasteiger partial charge in [0.15, 0.2) is 0 Å². The number of aromatic hydroxyl groups is 2. The molecule has 2 saturated carbocycles. The van der Waals surface area contributed by atoms with E-state index in [0.717, 1.165) is 22.6 Å². The van der Waals surface area contributed by atoms with E-state index in [1.165, 1.54) is 0 Å². The minimum atomic E-state index is 0. The van der Waals surface area contributed by atoms with Crippen LogP contribution in [-0.4, -0.2) is 10.2 Å². The minimum Gasteiger partial charge on any atom is -0.508 e. The molecule has 0 amide bonds. The Bertz CT molecular complexity index is 639. The molecule has 0 atom stereocenters. The summed E-state index contributed by atoms with van der Waals surface area (Å²) < 4.78 is 0. The normalized spacial score (nSPS) is 16.1. The summed E-state index contributed by atoms with van der Waals surface area (Å²) in [5.74, 6) is 1.61. The molecule has 134 valence electrons. The molecule has 0 aliphatic heterocycles. The van der Waals surface area contributed by atoms with E-state index < -0.39 is 0 Å². The third-order valence-electron chi connectivity index (χ3n) is 3.91. The van der Waals surface area contributed by atoms with Crippen LogP contribution in [0.5, 0.6) is 11.5 Å². The van der Waals surface area contributed by atoms with Gasteiger partial charge in [-0.25, -0.2) is 0 Å². The van der Waals surface area contributed by atoms with Gasteiger partial charge in [-0.15, -0.1) is 0 Å². The Hall–Kier alpha value is -1.70. The molecule has 2 aromatic carbocycles. The van der Waals surface area contributed by atoms with Crippen molar-refractivity contribution >= 4 is 5.57 Å². The Labute approximate surface area is 173 Å². The summed E-state index contributed by atoms with van der Waals surface area (Å²) >= 11 is 0. The smallest absolute Gasteiger partial charge is 0.508 e. The first-order valence-electron chi connectivity index (χ1n) is 8.41. The topological polar surface area (TPSA) is 40.5 Å². The second-order valence-electron chi connectivity index (χ2n) is 5.83. The molecule has 2 fully saturated rings. The summed E-state index contributed by atoms with van der Waals surface area (Å²) in [6.07, 6.45) is 20.2. The van der Waals surface area contributed by atoms with Gasteiger partial charge < -0.3 is 10.2 Å². The van der Waals surface area contributed by atoms with E-state index in [-0.39, 0.29) is 28.6 Å². The van der Waals surface area contributed by atoms with Crippen LogP contribution in [0.2, 0.25) is 0 Å². The molecule has 0 aromatic heterocycles. The number of hydrogen-bond acceptors (Lipinski definition) is 2. The van der Waals surface area contributed by atoms with E-state index in [1.807, 2.05) is 82.1 Å². The van der Waals surface area contributed by atoms with Gasteiger partial charge in [0.05, 0.1) is 0 Å². The molecule has 0 spiro atoms. The molecular weight excluding hydrogens is 376 g/mol. The van der Waals surface area contributed by atoms with E-state index in [4.69, 9.17) is 0 Å². The predicted octanol–water partition coefficient (Wildman–Crippen LogP) is 4.95. The maximum atomic E-state index is 9.45. The van der Waals surface area contributed by atoms with Crippen molar-refractivity contribution in [1.29, 1.82) is 0 Å². The van der Waals surface area contributed by atoms with Gasteiger partial charge in [0.2, 0.25) is 0 Å². The monoisotopic (exact) mass is 396 g/mol. The number of allylic oxidation sites excluding steroid dienone is 1. The first-order chi connectivity index (χ1) is 12.7. The van der Waals surface area contributed by atoms with Crippen molar-refractivity contribution in [3.63, 3.8) is 0 Å². The number of hydrogen-bond donors (Lipinski definition) is 2. The molecule has 2 aliphatic rings. The SMILES string of the molecule is Oc1ccc(C(=C[C]2[CH][CH][CH][CH]2)c2ccc(O)cc2)cc1.[CH]1[CH][CH][CH][CH]1.[Fe+2]. The van der Waals surface area contributed by atoms with Crippen LogP contribution in [0.15, 0.2) is 54.6 Å². The van der Waals surface area contributed by atoms with Gasteiger partial charge in [0.25, 0.3) is 0 Å². The molecule has 0 bridgehead atoms. The number of phenols is 2. The minimum absolute atomic E-state index is 0. The van der Waals surface area contributed by atoms with Crippen LogP contribution in [0, 0.1) is 63.7 Å². The quantitative estimate of drug-likeness (QED) is 0.721. The van der Waals surface area contributed by atoms with Crippen LogP contribution in [0.25, 0.3) is 5.57 Å². The maximum absolute atomic E-state index is 9.45. The first-order valence-corrected chi connectivity index (χ1v) is 8.41. The van der Waals surface area contributed by atoms with Gasteiger partial charge in [0, 0.05) is 5.92 Å². The summed E-state index contributed by atoms with van der Waals surface area (Å²) in [6, 6.07) is 14.2. The Kier molecular flexibility index (Phi) is 8.97. The Morgan fingerprint density at radius 3 is 1.30 bits per heavy atom. The van der Waals surface area contributed by atoms with Crippen molar-refractivity contribution in [1.82, 2.24) is 0 Å². The van der Waals surface area contributed by atoms with Crippen LogP contribution in [0.4, 0.5) is 0 Å². The number of phenolic OH excluding ortho intramolecular Hbond substituents is 2. The molecule has 27 heavy (non-hydrogen) atoms. The van der Waals surface area contributed by atoms with E-state index in [2.05, 4.69) is 6.08 Å². The van der Waals surface area contributed by atoms with E-state index in [1.54, 1.807) is 24.3 Å². The second-order valence-corrected chi connectivity index (χ2v) is 5.83. The molecule has 2 nitrogen and oxygen atoms in total. The Morgan fingerprint density at radius 1 is 0.556 bits per heavy atom. The van der Waals surface area contributed by atoms with Gasteiger partial charge in [-0.3, -0.25) is 0 Å². The zero-order chi connectivity index (χ0) is 18.2. The summed E-state index contributed by atoms with van der Waals surface area (Å²) in [4.78, 5) is 0. The largest absolute Gasteiger partial charge is 2.00 e. The molecule has 3 heteroatoms. The van der Waals surface area contributed by atoms with Crippen molar-refractivity contribution in [2.75, 3.05) is 0 Å². The van der Waals surface area contributed by atoms with Crippen LogP contribution < -0.4 is 0 Å². The number of benzene rings is 2. The zero-order valence-electron chi connectivity index (χ0n) is 14.6. The fourth-order valence-corrected chi connectivity index (χ4v) is 2.59. The van der Waals surface area contributed by atoms with Gasteiger partial charge in [-0.1, -0.05) is 30.3 Å². The molecule has 0 unspecified atom stereocenters. The average Bonchev–Trinajstić information content (AvgIpc) is 3.38. The number of rotatable bonds is 3. The summed E-state index contributed by atoms with van der Waals surface area (Å²) in [5, 5.41) is 18.9. The van der Waals surface area contributed by atoms with Crippen LogP contribution in [0.1, 0.15) is 11.1 Å². The standard InChI is InChI=1S/C19H15O2.C5H5.Fe/c20-17-9-5-15(6-10-17)19(13-14-3-1-2-4-14)16-7-11-18(21)12-8-16;1-2-4-5-3-1;/h1-13,20-21H;1-5H;/q;;+2. The third-order valence-corrected chi connectivity index (χ3v) is 3.91. The summed E-state index contributed by atoms with van der Waals surface area (Å²) in [7, 11) is 0. The summed E-state index contributed by atoms with van der Waals surface area (Å²) in [5.41, 5.74) is 3.07. The van der Waals surface area contributed by atoms with E-state index >= 15 is 0 Å². The van der Waals surface area contributed by atoms with Gasteiger partial charge in [-0.05, 0) is 98.8 Å². The van der Waals surface area contributed by atoms with Crippen molar-refractivity contribution in [2.24, 2.45) is 0 Å².